The van der Waals surface area contributed by atoms with Crippen LogP contribution in [0.1, 0.15) is 17.7 Å². The van der Waals surface area contributed by atoms with Crippen molar-refractivity contribution < 1.29 is 31.5 Å². The summed E-state index contributed by atoms with van der Waals surface area (Å²) in [6.45, 7) is 0. The minimum absolute atomic E-state index is 0.233. The minimum Gasteiger partial charge on any atom is -0.406 e. The number of carbonyl (C=O) groups is 1. The number of primary amides is 1. The third-order valence-corrected chi connectivity index (χ3v) is 5.07. The number of benzene rings is 1. The molecule has 3 N–H and O–H groups in total. The Balaban J connectivity index is 2.24. The monoisotopic (exact) mass is 469 g/mol. The van der Waals surface area contributed by atoms with Crippen molar-refractivity contribution in [3.63, 3.8) is 0 Å². The van der Waals surface area contributed by atoms with Crippen LogP contribution >= 0.6 is 23.2 Å². The molecule has 1 aliphatic carbocycles. The number of hydrogen-bond donors (Lipinski definition) is 2. The molecule has 7 nitrogen and oxygen atoms in total. The fourth-order valence-electron chi connectivity index (χ4n) is 3.18. The summed E-state index contributed by atoms with van der Waals surface area (Å²) in [5, 5.41) is 15.0. The Morgan fingerprint density at radius 3 is 2.27 bits per heavy atom. The largest absolute Gasteiger partial charge is 0.573 e. The lowest BCUT2D eigenvalue weighted by atomic mass is 9.93. The zero-order valence-electron chi connectivity index (χ0n) is 14.7. The molecule has 1 aromatic heterocycles. The maximum absolute atomic E-state index is 14.2. The second kappa shape index (κ2) is 6.88. The first-order valence-electron chi connectivity index (χ1n) is 7.93. The van der Waals surface area contributed by atoms with Crippen LogP contribution in [0, 0.1) is 11.3 Å². The van der Waals surface area contributed by atoms with Crippen molar-refractivity contribution in [3.8, 4) is 17.5 Å². The van der Waals surface area contributed by atoms with Crippen LogP contribution in [0.4, 0.5) is 27.8 Å². The second-order valence-electron chi connectivity index (χ2n) is 6.28. The first kappa shape index (κ1) is 21.9. The van der Waals surface area contributed by atoms with Gasteiger partial charge in [-0.2, -0.15) is 10.4 Å². The van der Waals surface area contributed by atoms with E-state index in [0.717, 1.165) is 16.8 Å². The van der Waals surface area contributed by atoms with Crippen molar-refractivity contribution in [3.05, 3.63) is 33.4 Å². The molecule has 1 aliphatic rings. The number of hydrogen-bond acceptors (Lipinski definition) is 5. The Hall–Kier alpha value is -2.78. The van der Waals surface area contributed by atoms with Gasteiger partial charge in [-0.15, -0.1) is 13.2 Å². The Morgan fingerprint density at radius 2 is 1.90 bits per heavy atom. The maximum Gasteiger partial charge on any atom is 0.573 e. The molecule has 1 fully saturated rings. The number of alkyl halides is 5. The average molecular weight is 470 g/mol. The lowest BCUT2D eigenvalue weighted by Crippen LogP contribution is -2.35. The van der Waals surface area contributed by atoms with Gasteiger partial charge in [0.25, 0.3) is 5.92 Å². The van der Waals surface area contributed by atoms with Gasteiger partial charge in [0.15, 0.2) is 5.69 Å². The molecule has 2 aromatic rings. The highest BCUT2D eigenvalue weighted by molar-refractivity contribution is 6.38. The summed E-state index contributed by atoms with van der Waals surface area (Å²) in [7, 11) is 1.29. The lowest BCUT2D eigenvalue weighted by molar-refractivity contribution is -0.274. The quantitative estimate of drug-likeness (QED) is 0.648. The van der Waals surface area contributed by atoms with Crippen molar-refractivity contribution in [2.24, 2.45) is 5.73 Å². The number of amides is 1. The molecule has 0 radical (unpaired) electrons. The number of rotatable bonds is 5. The summed E-state index contributed by atoms with van der Waals surface area (Å²) in [4.78, 5) is 11.9. The van der Waals surface area contributed by atoms with Crippen LogP contribution in [0.25, 0.3) is 5.69 Å². The van der Waals surface area contributed by atoms with Gasteiger partial charge in [0.2, 0.25) is 5.91 Å². The van der Waals surface area contributed by atoms with E-state index in [1.807, 2.05) is 0 Å². The van der Waals surface area contributed by atoms with Gasteiger partial charge in [-0.3, -0.25) is 4.79 Å². The number of halogens is 7. The van der Waals surface area contributed by atoms with E-state index in [9.17, 15) is 32.0 Å². The van der Waals surface area contributed by atoms with Crippen molar-refractivity contribution in [1.82, 2.24) is 9.78 Å². The van der Waals surface area contributed by atoms with Crippen molar-refractivity contribution >= 4 is 34.9 Å². The molecule has 1 unspecified atom stereocenters. The molecule has 1 saturated carbocycles. The van der Waals surface area contributed by atoms with Gasteiger partial charge in [-0.05, 0) is 0 Å². The molecule has 1 aromatic carbocycles. The second-order valence-corrected chi connectivity index (χ2v) is 7.09. The molecular weight excluding hydrogens is 460 g/mol. The molecule has 30 heavy (non-hydrogen) atoms. The van der Waals surface area contributed by atoms with Gasteiger partial charge < -0.3 is 15.8 Å². The maximum atomic E-state index is 14.2. The number of aromatic nitrogens is 2. The van der Waals surface area contributed by atoms with E-state index >= 15 is 0 Å². The summed E-state index contributed by atoms with van der Waals surface area (Å²) in [5.41, 5.74) is 1.47. The smallest absolute Gasteiger partial charge is 0.406 e. The molecule has 1 amide bonds. The topological polar surface area (TPSA) is 106 Å². The lowest BCUT2D eigenvalue weighted by Gasteiger charge is -2.17. The van der Waals surface area contributed by atoms with E-state index in [0.29, 0.717) is 0 Å². The van der Waals surface area contributed by atoms with E-state index in [1.54, 1.807) is 6.07 Å². The number of anilines is 1. The van der Waals surface area contributed by atoms with E-state index in [-0.39, 0.29) is 11.5 Å². The Morgan fingerprint density at radius 1 is 1.37 bits per heavy atom. The molecule has 0 bridgehead atoms. The van der Waals surface area contributed by atoms with Crippen LogP contribution in [-0.2, 0) is 10.2 Å². The number of nitrogens with two attached hydrogens (primary N) is 1. The summed E-state index contributed by atoms with van der Waals surface area (Å²) < 4.78 is 70.2. The van der Waals surface area contributed by atoms with Crippen LogP contribution in [-0.4, -0.2) is 35.0 Å². The highest BCUT2D eigenvalue weighted by Gasteiger charge is 2.78. The predicted molar refractivity (Wildman–Crippen MR) is 95.0 cm³/mol. The molecule has 1 atom stereocenters. The number of carbonyl (C=O) groups excluding carboxylic acids is 1. The van der Waals surface area contributed by atoms with Gasteiger partial charge in [-0.1, -0.05) is 23.2 Å². The van der Waals surface area contributed by atoms with Gasteiger partial charge in [0.1, 0.15) is 28.7 Å². The molecule has 0 spiro atoms. The van der Waals surface area contributed by atoms with E-state index in [4.69, 9.17) is 28.9 Å². The molecule has 14 heteroatoms. The summed E-state index contributed by atoms with van der Waals surface area (Å²) in [5.74, 6) is -5.88. The summed E-state index contributed by atoms with van der Waals surface area (Å²) >= 11 is 12.1. The molecular formula is C16H10Cl2F5N5O2. The van der Waals surface area contributed by atoms with E-state index in [1.165, 1.54) is 7.05 Å². The normalized spacial score (nSPS) is 19.8. The van der Waals surface area contributed by atoms with E-state index in [2.05, 4.69) is 15.2 Å². The van der Waals surface area contributed by atoms with Crippen LogP contribution in [0.3, 0.4) is 0 Å². The molecule has 160 valence electrons. The molecule has 0 aliphatic heterocycles. The highest BCUT2D eigenvalue weighted by atomic mass is 35.5. The SMILES string of the molecule is CNc1c(C2(C(N)=O)CC2(F)F)c(C#N)nn1-c1c(Cl)cc(OC(F)(F)F)cc1Cl. The third kappa shape index (κ3) is 3.27. The van der Waals surface area contributed by atoms with E-state index < -0.39 is 57.1 Å². The first-order valence-corrected chi connectivity index (χ1v) is 8.69. The van der Waals surface area contributed by atoms with Crippen LogP contribution < -0.4 is 15.8 Å². The first-order chi connectivity index (χ1) is 13.8. The molecule has 0 saturated heterocycles. The Bertz CT molecular complexity index is 1070. The minimum atomic E-state index is -5.01. The van der Waals surface area contributed by atoms with Crippen LogP contribution in [0.15, 0.2) is 12.1 Å². The molecule has 3 rings (SSSR count). The van der Waals surface area contributed by atoms with Crippen LogP contribution in [0.2, 0.25) is 10.0 Å². The summed E-state index contributed by atoms with van der Waals surface area (Å²) in [6.07, 6.45) is -5.95. The average Bonchev–Trinajstić information content (AvgIpc) is 3.00. The van der Waals surface area contributed by atoms with Gasteiger partial charge in [0, 0.05) is 25.6 Å². The number of nitriles is 1. The Kier molecular flexibility index (Phi) is 5.03. The zero-order valence-corrected chi connectivity index (χ0v) is 16.3. The van der Waals surface area contributed by atoms with Crippen LogP contribution in [0.5, 0.6) is 5.75 Å². The number of ether oxygens (including phenoxy) is 1. The fraction of sp³-hybridized carbons (Fsp3) is 0.312. The van der Waals surface area contributed by atoms with Crippen molar-refractivity contribution in [1.29, 1.82) is 5.26 Å². The number of nitrogens with zero attached hydrogens (tertiary/aromatic N) is 3. The predicted octanol–water partition coefficient (Wildman–Crippen LogP) is 3.75. The zero-order chi connectivity index (χ0) is 22.6. The third-order valence-electron chi connectivity index (χ3n) is 4.50. The van der Waals surface area contributed by atoms with Gasteiger partial charge in [-0.25, -0.2) is 13.5 Å². The van der Waals surface area contributed by atoms with Crippen molar-refractivity contribution in [2.45, 2.75) is 24.1 Å². The van der Waals surface area contributed by atoms with Gasteiger partial charge >= 0.3 is 6.36 Å². The molecule has 1 heterocycles. The Labute approximate surface area is 175 Å². The number of nitrogens with one attached hydrogen (secondary N) is 1. The highest BCUT2D eigenvalue weighted by Crippen LogP contribution is 2.63. The summed E-state index contributed by atoms with van der Waals surface area (Å²) in [6, 6.07) is 3.16. The van der Waals surface area contributed by atoms with Gasteiger partial charge in [0.05, 0.1) is 15.6 Å². The fourth-order valence-corrected chi connectivity index (χ4v) is 3.81. The standard InChI is InChI=1S/C16H10Cl2F5N5O2/c1-26-12-10(14(13(25)29)5-15(14,19)20)9(4-24)27-28(12)11-7(17)2-6(3-8(11)18)30-16(21,22)23/h2-3,26H,5H2,1H3,(H2,25,29). The van der Waals surface area contributed by atoms with Crippen molar-refractivity contribution in [2.75, 3.05) is 12.4 Å².